The lowest BCUT2D eigenvalue weighted by Crippen LogP contribution is -2.21. The highest BCUT2D eigenvalue weighted by molar-refractivity contribution is 5.98. The van der Waals surface area contributed by atoms with Crippen LogP contribution < -0.4 is 24.3 Å². The predicted molar refractivity (Wildman–Crippen MR) is 123 cm³/mol. The number of esters is 1. The second kappa shape index (κ2) is 10.9. The van der Waals surface area contributed by atoms with E-state index in [1.807, 2.05) is 31.2 Å². The topological polar surface area (TPSA) is 92.3 Å². The number of hydrogen-bond donors (Lipinski definition) is 1. The minimum atomic E-state index is -0.743. The molecule has 0 atom stereocenters. The first-order chi connectivity index (χ1) is 15.9. The third-order valence-corrected chi connectivity index (χ3v) is 4.67. The molecule has 0 fully saturated rings. The van der Waals surface area contributed by atoms with Gasteiger partial charge in [0.05, 0.1) is 27.0 Å². The molecule has 8 nitrogen and oxygen atoms in total. The van der Waals surface area contributed by atoms with Gasteiger partial charge in [-0.1, -0.05) is 29.8 Å². The summed E-state index contributed by atoms with van der Waals surface area (Å²) in [7, 11) is 4.33. The summed E-state index contributed by atoms with van der Waals surface area (Å²) in [5.74, 6) is 0.785. The summed E-state index contributed by atoms with van der Waals surface area (Å²) in [6.07, 6.45) is 0. The summed E-state index contributed by atoms with van der Waals surface area (Å²) < 4.78 is 26.7. The van der Waals surface area contributed by atoms with Crippen molar-refractivity contribution >= 4 is 17.6 Å². The Labute approximate surface area is 192 Å². The monoisotopic (exact) mass is 451 g/mol. The van der Waals surface area contributed by atoms with Crippen LogP contribution in [0, 0.1) is 6.92 Å². The summed E-state index contributed by atoms with van der Waals surface area (Å²) in [5, 5.41) is 2.70. The zero-order chi connectivity index (χ0) is 23.8. The second-order valence-corrected chi connectivity index (χ2v) is 6.94. The van der Waals surface area contributed by atoms with E-state index in [4.69, 9.17) is 23.7 Å². The Morgan fingerprint density at radius 3 is 2.09 bits per heavy atom. The number of carbonyl (C=O) groups excluding carboxylic acids is 2. The van der Waals surface area contributed by atoms with E-state index >= 15 is 0 Å². The van der Waals surface area contributed by atoms with E-state index in [1.165, 1.54) is 33.5 Å². The SMILES string of the molecule is COc1cc(OC)c(C(=O)OCC(=O)Nc2ccccc2Oc2ccc(C)cc2)cc1OC. The Morgan fingerprint density at radius 2 is 1.42 bits per heavy atom. The zero-order valence-electron chi connectivity index (χ0n) is 18.8. The minimum Gasteiger partial charge on any atom is -0.496 e. The first-order valence-corrected chi connectivity index (χ1v) is 10.1. The maximum atomic E-state index is 12.6. The van der Waals surface area contributed by atoms with Crippen molar-refractivity contribution in [1.29, 1.82) is 0 Å². The van der Waals surface area contributed by atoms with Crippen LogP contribution in [0.15, 0.2) is 60.7 Å². The van der Waals surface area contributed by atoms with Gasteiger partial charge in [-0.2, -0.15) is 0 Å². The summed E-state index contributed by atoms with van der Waals surface area (Å²) in [6.45, 7) is 1.48. The molecule has 3 aromatic rings. The number of para-hydroxylation sites is 2. The maximum absolute atomic E-state index is 12.6. The van der Waals surface area contributed by atoms with Crippen molar-refractivity contribution in [2.75, 3.05) is 33.3 Å². The Hall–Kier alpha value is -4.20. The lowest BCUT2D eigenvalue weighted by molar-refractivity contribution is -0.119. The fraction of sp³-hybridized carbons (Fsp3) is 0.200. The molecule has 3 aromatic carbocycles. The van der Waals surface area contributed by atoms with Crippen LogP contribution in [0.25, 0.3) is 0 Å². The number of hydrogen-bond acceptors (Lipinski definition) is 7. The van der Waals surface area contributed by atoms with Gasteiger partial charge >= 0.3 is 5.97 Å². The van der Waals surface area contributed by atoms with E-state index in [-0.39, 0.29) is 11.3 Å². The number of amides is 1. The Morgan fingerprint density at radius 1 is 0.788 bits per heavy atom. The Bertz CT molecular complexity index is 1130. The van der Waals surface area contributed by atoms with Crippen molar-refractivity contribution in [3.63, 3.8) is 0 Å². The average molecular weight is 451 g/mol. The summed E-state index contributed by atoms with van der Waals surface area (Å²) in [4.78, 5) is 25.0. The van der Waals surface area contributed by atoms with Gasteiger partial charge in [-0.3, -0.25) is 4.79 Å². The number of anilines is 1. The molecule has 0 saturated heterocycles. The van der Waals surface area contributed by atoms with Crippen LogP contribution in [-0.4, -0.2) is 39.8 Å². The van der Waals surface area contributed by atoms with Crippen LogP contribution in [0.2, 0.25) is 0 Å². The van der Waals surface area contributed by atoms with Crippen LogP contribution in [0.1, 0.15) is 15.9 Å². The van der Waals surface area contributed by atoms with E-state index in [1.54, 1.807) is 24.3 Å². The van der Waals surface area contributed by atoms with E-state index in [0.29, 0.717) is 28.7 Å². The van der Waals surface area contributed by atoms with Crippen LogP contribution in [0.4, 0.5) is 5.69 Å². The molecule has 172 valence electrons. The molecule has 0 aliphatic heterocycles. The molecule has 0 bridgehead atoms. The number of ether oxygens (including phenoxy) is 5. The summed E-state index contributed by atoms with van der Waals surface area (Å²) in [6, 6.07) is 17.5. The van der Waals surface area contributed by atoms with Crippen molar-refractivity contribution in [2.45, 2.75) is 6.92 Å². The molecule has 8 heteroatoms. The molecular weight excluding hydrogens is 426 g/mol. The van der Waals surface area contributed by atoms with Crippen molar-refractivity contribution < 1.29 is 33.3 Å². The van der Waals surface area contributed by atoms with Gasteiger partial charge in [-0.05, 0) is 31.2 Å². The summed E-state index contributed by atoms with van der Waals surface area (Å²) in [5.41, 5.74) is 1.66. The molecule has 33 heavy (non-hydrogen) atoms. The molecule has 0 radical (unpaired) electrons. The maximum Gasteiger partial charge on any atom is 0.342 e. The molecule has 1 N–H and O–H groups in total. The fourth-order valence-corrected chi connectivity index (χ4v) is 2.98. The summed E-state index contributed by atoms with van der Waals surface area (Å²) >= 11 is 0. The molecule has 0 aromatic heterocycles. The number of nitrogens with one attached hydrogen (secondary N) is 1. The fourth-order valence-electron chi connectivity index (χ4n) is 2.98. The molecule has 0 spiro atoms. The zero-order valence-corrected chi connectivity index (χ0v) is 18.8. The molecule has 0 heterocycles. The van der Waals surface area contributed by atoms with Gasteiger partial charge < -0.3 is 29.0 Å². The lowest BCUT2D eigenvalue weighted by atomic mass is 10.1. The van der Waals surface area contributed by atoms with Gasteiger partial charge in [0.25, 0.3) is 5.91 Å². The highest BCUT2D eigenvalue weighted by atomic mass is 16.5. The number of benzene rings is 3. The highest BCUT2D eigenvalue weighted by Gasteiger charge is 2.20. The number of carbonyl (C=O) groups is 2. The number of aryl methyl sites for hydroxylation is 1. The largest absolute Gasteiger partial charge is 0.496 e. The van der Waals surface area contributed by atoms with E-state index in [0.717, 1.165) is 5.56 Å². The van der Waals surface area contributed by atoms with Crippen molar-refractivity contribution in [3.05, 3.63) is 71.8 Å². The average Bonchev–Trinajstić information content (AvgIpc) is 2.84. The van der Waals surface area contributed by atoms with Crippen molar-refractivity contribution in [1.82, 2.24) is 0 Å². The molecule has 1 amide bonds. The van der Waals surface area contributed by atoms with Gasteiger partial charge in [0.1, 0.15) is 17.1 Å². The number of methoxy groups -OCH3 is 3. The van der Waals surface area contributed by atoms with Crippen LogP contribution in [-0.2, 0) is 9.53 Å². The molecule has 0 saturated carbocycles. The van der Waals surface area contributed by atoms with Gasteiger partial charge in [0.2, 0.25) is 0 Å². The van der Waals surface area contributed by atoms with Crippen molar-refractivity contribution in [2.24, 2.45) is 0 Å². The van der Waals surface area contributed by atoms with Gasteiger partial charge in [-0.15, -0.1) is 0 Å². The van der Waals surface area contributed by atoms with Crippen LogP contribution in [0.3, 0.4) is 0 Å². The Kier molecular flexibility index (Phi) is 7.75. The first kappa shape index (κ1) is 23.5. The molecule has 3 rings (SSSR count). The van der Waals surface area contributed by atoms with Crippen LogP contribution >= 0.6 is 0 Å². The highest BCUT2D eigenvalue weighted by Crippen LogP contribution is 2.35. The lowest BCUT2D eigenvalue weighted by Gasteiger charge is -2.14. The quantitative estimate of drug-likeness (QED) is 0.475. The van der Waals surface area contributed by atoms with Gasteiger partial charge in [0, 0.05) is 12.1 Å². The molecule has 0 unspecified atom stereocenters. The van der Waals surface area contributed by atoms with Crippen LogP contribution in [0.5, 0.6) is 28.7 Å². The predicted octanol–water partition coefficient (Wildman–Crippen LogP) is 4.61. The van der Waals surface area contributed by atoms with Crippen molar-refractivity contribution in [3.8, 4) is 28.7 Å². The minimum absolute atomic E-state index is 0.103. The molecule has 0 aliphatic carbocycles. The van der Waals surface area contributed by atoms with E-state index in [9.17, 15) is 9.59 Å². The first-order valence-electron chi connectivity index (χ1n) is 10.1. The van der Waals surface area contributed by atoms with E-state index < -0.39 is 18.5 Å². The normalized spacial score (nSPS) is 10.2. The third kappa shape index (κ3) is 5.94. The standard InChI is InChI=1S/C25H25NO7/c1-16-9-11-17(12-10-16)33-20-8-6-5-7-19(20)26-24(27)15-32-25(28)18-13-22(30-3)23(31-4)14-21(18)29-2/h5-14H,15H2,1-4H3,(H,26,27). The van der Waals surface area contributed by atoms with Gasteiger partial charge in [0.15, 0.2) is 23.9 Å². The van der Waals surface area contributed by atoms with Gasteiger partial charge in [-0.25, -0.2) is 4.79 Å². The Balaban J connectivity index is 1.66. The third-order valence-electron chi connectivity index (χ3n) is 4.67. The van der Waals surface area contributed by atoms with E-state index in [2.05, 4.69) is 5.32 Å². The number of rotatable bonds is 9. The molecule has 0 aliphatic rings. The smallest absolute Gasteiger partial charge is 0.342 e. The molecular formula is C25H25NO7. The second-order valence-electron chi connectivity index (χ2n) is 6.94.